The van der Waals surface area contributed by atoms with Gasteiger partial charge in [-0.05, 0) is 36.5 Å². The van der Waals surface area contributed by atoms with E-state index in [0.29, 0.717) is 11.6 Å². The van der Waals surface area contributed by atoms with Crippen LogP contribution in [0.15, 0.2) is 40.2 Å². The Morgan fingerprint density at radius 3 is 2.45 bits per heavy atom. The minimum atomic E-state index is -5.37. The summed E-state index contributed by atoms with van der Waals surface area (Å²) in [6.07, 6.45) is 1.85. The third-order valence-corrected chi connectivity index (χ3v) is 8.71. The van der Waals surface area contributed by atoms with Crippen molar-refractivity contribution >= 4 is 15.6 Å². The minimum Gasteiger partial charge on any atom is -0.387 e. The van der Waals surface area contributed by atoms with Crippen LogP contribution in [0.4, 0.5) is 0 Å². The molecule has 3 unspecified atom stereocenters. The van der Waals surface area contributed by atoms with Crippen molar-refractivity contribution in [1.29, 1.82) is 0 Å². The average Bonchev–Trinajstić information content (AvgIpc) is 3.13. The van der Waals surface area contributed by atoms with Crippen molar-refractivity contribution in [1.82, 2.24) is 14.1 Å². The van der Waals surface area contributed by atoms with E-state index in [4.69, 9.17) is 14.5 Å². The quantitative estimate of drug-likeness (QED) is 0.254. The van der Waals surface area contributed by atoms with Crippen LogP contribution < -0.4 is 11.2 Å². The van der Waals surface area contributed by atoms with Gasteiger partial charge in [-0.15, -0.1) is 0 Å². The molecule has 4 rings (SSSR count). The smallest absolute Gasteiger partial charge is 0.387 e. The number of pyridine rings is 1. The summed E-state index contributed by atoms with van der Waals surface area (Å²) < 4.78 is 37.8. The van der Waals surface area contributed by atoms with Gasteiger partial charge in [0.05, 0.1) is 18.8 Å². The van der Waals surface area contributed by atoms with Crippen LogP contribution in [0.25, 0.3) is 0 Å². The predicted octanol–water partition coefficient (Wildman–Crippen LogP) is 0.346. The molecule has 2 fully saturated rings. The lowest BCUT2D eigenvalue weighted by Gasteiger charge is -2.22. The van der Waals surface area contributed by atoms with E-state index in [1.165, 1.54) is 6.42 Å². The average molecular weight is 577 g/mol. The second kappa shape index (κ2) is 11.6. The maximum atomic E-state index is 13.2. The fraction of sp³-hybridized carbons (Fsp3) is 0.571. The van der Waals surface area contributed by atoms with E-state index in [1.54, 1.807) is 6.20 Å². The Hall–Kier alpha value is -2.03. The Labute approximate surface area is 216 Å². The molecule has 0 radical (unpaired) electrons. The van der Waals surface area contributed by atoms with Crippen molar-refractivity contribution in [3.05, 3.63) is 62.7 Å². The molecule has 1 aliphatic heterocycles. The van der Waals surface area contributed by atoms with E-state index in [-0.39, 0.29) is 6.54 Å². The molecule has 2 aromatic rings. The van der Waals surface area contributed by atoms with Gasteiger partial charge in [0.15, 0.2) is 6.23 Å². The van der Waals surface area contributed by atoms with Gasteiger partial charge in [0.25, 0.3) is 5.56 Å². The first-order valence-electron chi connectivity index (χ1n) is 11.9. The van der Waals surface area contributed by atoms with Gasteiger partial charge in [-0.1, -0.05) is 19.3 Å². The monoisotopic (exact) mass is 577 g/mol. The molecule has 0 aromatic carbocycles. The van der Waals surface area contributed by atoms with Crippen LogP contribution in [0.5, 0.6) is 0 Å². The fourth-order valence-corrected chi connectivity index (χ4v) is 6.33. The highest BCUT2D eigenvalue weighted by Gasteiger charge is 2.46. The summed E-state index contributed by atoms with van der Waals surface area (Å²) in [6.45, 7) is -1.07. The first-order valence-corrected chi connectivity index (χ1v) is 14.9. The first-order chi connectivity index (χ1) is 17.8. The van der Waals surface area contributed by atoms with Crippen LogP contribution in [0.2, 0.25) is 0 Å². The standard InChI is InChI=1S/C21H29N3O12P2/c25-17-7-9-23(20-19(27)18(26)16(35-20)12-34-38(32,33)36-37(29,30)31)21(28)24(17)11-15-10-14(6-8-22-15)13-4-2-1-3-5-13/h6-10,13,16,18-20,26-27H,1-5,11-12H2,(H,32,33)(H2,29,30,31)/t16-,18?,19?,20-/m1/s1. The number of aliphatic hydroxyl groups is 2. The maximum Gasteiger partial charge on any atom is 0.481 e. The fourth-order valence-electron chi connectivity index (χ4n) is 4.73. The molecule has 17 heteroatoms. The van der Waals surface area contributed by atoms with Crippen LogP contribution in [0.3, 0.4) is 0 Å². The van der Waals surface area contributed by atoms with E-state index in [0.717, 1.165) is 52.6 Å². The zero-order valence-electron chi connectivity index (χ0n) is 20.1. The van der Waals surface area contributed by atoms with Gasteiger partial charge in [-0.2, -0.15) is 4.31 Å². The number of phosphoric acid groups is 2. The molecule has 1 aliphatic carbocycles. The Balaban J connectivity index is 1.52. The number of hydrogen-bond acceptors (Lipinski definition) is 10. The Morgan fingerprint density at radius 1 is 1.05 bits per heavy atom. The molecule has 0 amide bonds. The van der Waals surface area contributed by atoms with Gasteiger partial charge in [-0.25, -0.2) is 13.9 Å². The predicted molar refractivity (Wildman–Crippen MR) is 129 cm³/mol. The Kier molecular flexibility index (Phi) is 8.85. The molecule has 2 aromatic heterocycles. The van der Waals surface area contributed by atoms with Crippen molar-refractivity contribution in [2.75, 3.05) is 6.61 Å². The van der Waals surface area contributed by atoms with Crippen molar-refractivity contribution in [3.8, 4) is 0 Å². The minimum absolute atomic E-state index is 0.148. The number of aliphatic hydroxyl groups excluding tert-OH is 2. The first kappa shape index (κ1) is 29.0. The van der Waals surface area contributed by atoms with E-state index in [9.17, 15) is 33.8 Å². The van der Waals surface area contributed by atoms with Gasteiger partial charge in [0.2, 0.25) is 0 Å². The van der Waals surface area contributed by atoms with Crippen molar-refractivity contribution in [3.63, 3.8) is 0 Å². The van der Waals surface area contributed by atoms with E-state index in [2.05, 4.69) is 13.8 Å². The van der Waals surface area contributed by atoms with Gasteiger partial charge < -0.3 is 29.6 Å². The summed E-state index contributed by atoms with van der Waals surface area (Å²) in [5.41, 5.74) is 0.0918. The number of nitrogens with zero attached hydrogens (tertiary/aromatic N) is 3. The summed E-state index contributed by atoms with van der Waals surface area (Å²) >= 11 is 0. The molecule has 0 bridgehead atoms. The highest BCUT2D eigenvalue weighted by Crippen LogP contribution is 2.57. The zero-order valence-corrected chi connectivity index (χ0v) is 21.8. The van der Waals surface area contributed by atoms with Gasteiger partial charge in [0, 0.05) is 18.5 Å². The molecule has 15 nitrogen and oxygen atoms in total. The lowest BCUT2D eigenvalue weighted by atomic mass is 9.84. The van der Waals surface area contributed by atoms with Crippen LogP contribution >= 0.6 is 15.6 Å². The second-order valence-electron chi connectivity index (χ2n) is 9.23. The molecule has 1 saturated carbocycles. The number of hydrogen-bond donors (Lipinski definition) is 5. The van der Waals surface area contributed by atoms with Crippen LogP contribution in [-0.2, 0) is 29.2 Å². The molecule has 5 N–H and O–H groups in total. The summed E-state index contributed by atoms with van der Waals surface area (Å²) in [4.78, 5) is 56.8. The highest BCUT2D eigenvalue weighted by atomic mass is 31.3. The van der Waals surface area contributed by atoms with Crippen molar-refractivity contribution in [2.45, 2.75) is 69.1 Å². The third kappa shape index (κ3) is 6.93. The normalized spacial score (nSPS) is 26.3. The molecular formula is C21H29N3O12P2. The second-order valence-corrected chi connectivity index (χ2v) is 12.1. The number of ether oxygens (including phenoxy) is 1. The molecule has 38 heavy (non-hydrogen) atoms. The van der Waals surface area contributed by atoms with Crippen molar-refractivity contribution < 1.29 is 47.6 Å². The molecule has 5 atom stereocenters. The zero-order chi connectivity index (χ0) is 27.7. The van der Waals surface area contributed by atoms with Gasteiger partial charge in [0.1, 0.15) is 18.3 Å². The van der Waals surface area contributed by atoms with E-state index >= 15 is 0 Å². The molecule has 0 spiro atoms. The van der Waals surface area contributed by atoms with Gasteiger partial charge in [-0.3, -0.25) is 23.4 Å². The van der Waals surface area contributed by atoms with Crippen LogP contribution in [0, 0.1) is 0 Å². The molecular weight excluding hydrogens is 548 g/mol. The maximum absolute atomic E-state index is 13.2. The molecule has 210 valence electrons. The van der Waals surface area contributed by atoms with E-state index in [1.807, 2.05) is 12.1 Å². The molecule has 2 aliphatic rings. The topological polar surface area (TPSA) is 220 Å². The summed E-state index contributed by atoms with van der Waals surface area (Å²) in [6, 6.07) is 4.87. The van der Waals surface area contributed by atoms with Gasteiger partial charge >= 0.3 is 21.3 Å². The van der Waals surface area contributed by atoms with E-state index < -0.39 is 58.0 Å². The third-order valence-electron chi connectivity index (χ3n) is 6.56. The van der Waals surface area contributed by atoms with Crippen LogP contribution in [-0.4, -0.2) is 63.9 Å². The largest absolute Gasteiger partial charge is 0.481 e. The number of phosphoric ester groups is 1. The number of aromatic nitrogens is 3. The van der Waals surface area contributed by atoms with Crippen LogP contribution in [0.1, 0.15) is 55.5 Å². The Morgan fingerprint density at radius 2 is 1.76 bits per heavy atom. The highest BCUT2D eigenvalue weighted by molar-refractivity contribution is 7.60. The molecule has 1 saturated heterocycles. The Bertz CT molecular complexity index is 1350. The lowest BCUT2D eigenvalue weighted by Crippen LogP contribution is -2.43. The number of rotatable bonds is 9. The lowest BCUT2D eigenvalue weighted by molar-refractivity contribution is -0.0547. The van der Waals surface area contributed by atoms with Crippen molar-refractivity contribution in [2.24, 2.45) is 0 Å². The summed E-state index contributed by atoms with van der Waals surface area (Å²) in [5.74, 6) is 0.388. The SMILES string of the molecule is O=c1ccn([C@@H]2O[C@H](COP(=O)(O)OP(=O)(O)O)C(O)C2O)c(=O)n1Cc1cc(C2CCCCC2)ccn1. The summed E-state index contributed by atoms with van der Waals surface area (Å²) in [7, 11) is -10.6. The summed E-state index contributed by atoms with van der Waals surface area (Å²) in [5, 5.41) is 20.8. The molecule has 3 heterocycles.